The van der Waals surface area contributed by atoms with Crippen molar-refractivity contribution in [2.45, 2.75) is 12.3 Å². The monoisotopic (exact) mass is 328 g/mol. The number of hydrogen-bond acceptors (Lipinski definition) is 0. The SMILES string of the molecule is Fc1ccc(F)c(CC(CBr)c2ccccc2F)c1. The quantitative estimate of drug-likeness (QED) is 0.705. The molecular weight excluding hydrogens is 317 g/mol. The molecule has 0 N–H and O–H groups in total. The van der Waals surface area contributed by atoms with Crippen LogP contribution in [-0.2, 0) is 6.42 Å². The van der Waals surface area contributed by atoms with Gasteiger partial charge < -0.3 is 0 Å². The number of hydrogen-bond donors (Lipinski definition) is 0. The molecule has 2 aromatic carbocycles. The third kappa shape index (κ3) is 3.38. The summed E-state index contributed by atoms with van der Waals surface area (Å²) in [5.74, 6) is -1.52. The molecule has 0 bridgehead atoms. The Bertz CT molecular complexity index is 569. The van der Waals surface area contributed by atoms with Gasteiger partial charge in [-0.3, -0.25) is 0 Å². The summed E-state index contributed by atoms with van der Waals surface area (Å²) >= 11 is 3.30. The van der Waals surface area contributed by atoms with Gasteiger partial charge in [0.1, 0.15) is 17.5 Å². The Morgan fingerprint density at radius 2 is 1.68 bits per heavy atom. The van der Waals surface area contributed by atoms with E-state index in [2.05, 4.69) is 15.9 Å². The molecule has 2 aromatic rings. The van der Waals surface area contributed by atoms with Gasteiger partial charge in [-0.1, -0.05) is 34.1 Å². The van der Waals surface area contributed by atoms with E-state index in [9.17, 15) is 13.2 Å². The molecule has 1 atom stereocenters. The minimum absolute atomic E-state index is 0.238. The molecule has 1 unspecified atom stereocenters. The topological polar surface area (TPSA) is 0 Å². The normalized spacial score (nSPS) is 12.4. The van der Waals surface area contributed by atoms with Crippen molar-refractivity contribution in [3.05, 3.63) is 71.0 Å². The molecule has 0 saturated heterocycles. The summed E-state index contributed by atoms with van der Waals surface area (Å²) in [6, 6.07) is 9.70. The van der Waals surface area contributed by atoms with Crippen molar-refractivity contribution in [3.63, 3.8) is 0 Å². The van der Waals surface area contributed by atoms with Crippen LogP contribution >= 0.6 is 15.9 Å². The van der Waals surface area contributed by atoms with Gasteiger partial charge in [0.2, 0.25) is 0 Å². The Kier molecular flexibility index (Phi) is 4.64. The van der Waals surface area contributed by atoms with Crippen LogP contribution in [0.5, 0.6) is 0 Å². The first-order chi connectivity index (χ1) is 9.11. The first-order valence-electron chi connectivity index (χ1n) is 5.86. The highest BCUT2D eigenvalue weighted by Crippen LogP contribution is 2.26. The molecule has 0 nitrogen and oxygen atoms in total. The lowest BCUT2D eigenvalue weighted by atomic mass is 9.93. The highest BCUT2D eigenvalue weighted by atomic mass is 79.9. The lowest BCUT2D eigenvalue weighted by Gasteiger charge is -2.16. The molecule has 0 amide bonds. The van der Waals surface area contributed by atoms with Crippen LogP contribution in [0.2, 0.25) is 0 Å². The van der Waals surface area contributed by atoms with Crippen LogP contribution in [0.15, 0.2) is 42.5 Å². The molecule has 0 aliphatic carbocycles. The summed E-state index contributed by atoms with van der Waals surface area (Å²) in [7, 11) is 0. The fraction of sp³-hybridized carbons (Fsp3) is 0.200. The Morgan fingerprint density at radius 3 is 2.37 bits per heavy atom. The predicted molar refractivity (Wildman–Crippen MR) is 73.0 cm³/mol. The second-order valence-electron chi connectivity index (χ2n) is 4.31. The van der Waals surface area contributed by atoms with Crippen molar-refractivity contribution < 1.29 is 13.2 Å². The van der Waals surface area contributed by atoms with E-state index in [4.69, 9.17) is 0 Å². The van der Waals surface area contributed by atoms with E-state index in [1.54, 1.807) is 18.2 Å². The molecule has 0 aliphatic heterocycles. The lowest BCUT2D eigenvalue weighted by molar-refractivity contribution is 0.563. The lowest BCUT2D eigenvalue weighted by Crippen LogP contribution is -2.08. The van der Waals surface area contributed by atoms with Gasteiger partial charge in [0.25, 0.3) is 0 Å². The summed E-state index contributed by atoms with van der Waals surface area (Å²) in [6.45, 7) is 0. The molecule has 100 valence electrons. The van der Waals surface area contributed by atoms with E-state index in [0.717, 1.165) is 18.2 Å². The number of benzene rings is 2. The molecule has 0 fully saturated rings. The number of rotatable bonds is 4. The fourth-order valence-corrected chi connectivity index (χ4v) is 2.60. The van der Waals surface area contributed by atoms with Gasteiger partial charge in [-0.05, 0) is 41.8 Å². The van der Waals surface area contributed by atoms with Crippen molar-refractivity contribution in [2.75, 3.05) is 5.33 Å². The smallest absolute Gasteiger partial charge is 0.126 e. The second-order valence-corrected chi connectivity index (χ2v) is 4.96. The third-order valence-electron chi connectivity index (χ3n) is 3.01. The van der Waals surface area contributed by atoms with E-state index >= 15 is 0 Å². The molecule has 2 rings (SSSR count). The molecule has 0 saturated carbocycles. The van der Waals surface area contributed by atoms with E-state index in [-0.39, 0.29) is 23.7 Å². The van der Waals surface area contributed by atoms with Gasteiger partial charge in [0.05, 0.1) is 0 Å². The summed E-state index contributed by atoms with van der Waals surface area (Å²) < 4.78 is 40.5. The Hall–Kier alpha value is -1.29. The Morgan fingerprint density at radius 1 is 0.947 bits per heavy atom. The number of alkyl halides is 1. The van der Waals surface area contributed by atoms with Gasteiger partial charge in [-0.2, -0.15) is 0 Å². The van der Waals surface area contributed by atoms with Crippen LogP contribution in [0, 0.1) is 17.5 Å². The largest absolute Gasteiger partial charge is 0.207 e. The van der Waals surface area contributed by atoms with Crippen molar-refractivity contribution in [1.82, 2.24) is 0 Å². The molecule has 0 radical (unpaired) electrons. The van der Waals surface area contributed by atoms with Crippen molar-refractivity contribution in [2.24, 2.45) is 0 Å². The number of halogens is 4. The van der Waals surface area contributed by atoms with Crippen LogP contribution in [-0.4, -0.2) is 5.33 Å². The van der Waals surface area contributed by atoms with Gasteiger partial charge in [0.15, 0.2) is 0 Å². The van der Waals surface area contributed by atoms with E-state index in [0.29, 0.717) is 10.9 Å². The Labute approximate surface area is 118 Å². The average Bonchev–Trinajstić information content (AvgIpc) is 2.41. The zero-order valence-corrected chi connectivity index (χ0v) is 11.6. The average molecular weight is 329 g/mol. The van der Waals surface area contributed by atoms with E-state index in [1.165, 1.54) is 6.07 Å². The molecule has 0 spiro atoms. The molecular formula is C15H12BrF3. The summed E-state index contributed by atoms with van der Waals surface area (Å²) in [5.41, 5.74) is 0.760. The van der Waals surface area contributed by atoms with Gasteiger partial charge >= 0.3 is 0 Å². The van der Waals surface area contributed by atoms with Crippen LogP contribution in [0.1, 0.15) is 17.0 Å². The standard InChI is InChI=1S/C15H12BrF3/c16-9-11(13-3-1-2-4-15(13)19)7-10-8-12(17)5-6-14(10)18/h1-6,8,11H,7,9H2. The first-order valence-corrected chi connectivity index (χ1v) is 6.98. The third-order valence-corrected chi connectivity index (χ3v) is 3.79. The molecule has 0 aromatic heterocycles. The molecule has 4 heteroatoms. The zero-order chi connectivity index (χ0) is 13.8. The fourth-order valence-electron chi connectivity index (χ4n) is 2.02. The maximum Gasteiger partial charge on any atom is 0.126 e. The highest BCUT2D eigenvalue weighted by Gasteiger charge is 2.17. The van der Waals surface area contributed by atoms with Crippen LogP contribution in [0.3, 0.4) is 0 Å². The van der Waals surface area contributed by atoms with Gasteiger partial charge in [-0.25, -0.2) is 13.2 Å². The van der Waals surface area contributed by atoms with Gasteiger partial charge in [-0.15, -0.1) is 0 Å². The summed E-state index contributed by atoms with van der Waals surface area (Å²) in [6.07, 6.45) is 0.246. The van der Waals surface area contributed by atoms with Crippen LogP contribution < -0.4 is 0 Å². The minimum Gasteiger partial charge on any atom is -0.207 e. The summed E-state index contributed by atoms with van der Waals surface area (Å²) in [4.78, 5) is 0. The molecule has 19 heavy (non-hydrogen) atoms. The van der Waals surface area contributed by atoms with Crippen molar-refractivity contribution in [1.29, 1.82) is 0 Å². The van der Waals surface area contributed by atoms with Gasteiger partial charge in [0, 0.05) is 11.2 Å². The van der Waals surface area contributed by atoms with Crippen LogP contribution in [0.4, 0.5) is 13.2 Å². The first kappa shape index (κ1) is 14.1. The Balaban J connectivity index is 2.29. The predicted octanol–water partition coefficient (Wildman–Crippen LogP) is 4.83. The highest BCUT2D eigenvalue weighted by molar-refractivity contribution is 9.09. The molecule has 0 heterocycles. The zero-order valence-electron chi connectivity index (χ0n) is 10.0. The van der Waals surface area contributed by atoms with E-state index < -0.39 is 11.6 Å². The maximum atomic E-state index is 13.7. The molecule has 0 aliphatic rings. The van der Waals surface area contributed by atoms with Crippen molar-refractivity contribution >= 4 is 15.9 Å². The summed E-state index contributed by atoms with van der Waals surface area (Å²) in [5, 5.41) is 0.476. The van der Waals surface area contributed by atoms with Crippen molar-refractivity contribution in [3.8, 4) is 0 Å². The minimum atomic E-state index is -0.488. The van der Waals surface area contributed by atoms with Crippen LogP contribution in [0.25, 0.3) is 0 Å². The second kappa shape index (κ2) is 6.24. The van der Waals surface area contributed by atoms with E-state index in [1.807, 2.05) is 0 Å². The maximum absolute atomic E-state index is 13.7.